The van der Waals surface area contributed by atoms with E-state index in [9.17, 15) is 9.90 Å². The number of aromatic nitrogens is 2. The highest BCUT2D eigenvalue weighted by Crippen LogP contribution is 2.28. The highest BCUT2D eigenvalue weighted by molar-refractivity contribution is 5.84. The van der Waals surface area contributed by atoms with Crippen molar-refractivity contribution in [2.24, 2.45) is 0 Å². The fourth-order valence-corrected chi connectivity index (χ4v) is 4.72. The van der Waals surface area contributed by atoms with Crippen molar-refractivity contribution in [3.8, 4) is 5.75 Å². The molecule has 6 heteroatoms. The lowest BCUT2D eigenvalue weighted by atomic mass is 10.0. The Bertz CT molecular complexity index is 1270. The average Bonchev–Trinajstić information content (AvgIpc) is 3.14. The Morgan fingerprint density at radius 1 is 1.06 bits per heavy atom. The number of nitrogens with one attached hydrogen (secondary N) is 1. The van der Waals surface area contributed by atoms with Gasteiger partial charge in [0.15, 0.2) is 0 Å². The topological polar surface area (TPSA) is 70.5 Å². The van der Waals surface area contributed by atoms with Crippen molar-refractivity contribution in [2.45, 2.75) is 25.0 Å². The van der Waals surface area contributed by atoms with Gasteiger partial charge in [0.25, 0.3) is 0 Å². The van der Waals surface area contributed by atoms with Gasteiger partial charge in [-0.3, -0.25) is 4.57 Å². The average molecular weight is 418 g/mol. The molecule has 2 N–H and O–H groups in total. The number of imidazole rings is 1. The number of aliphatic hydroxyl groups is 1. The molecule has 1 aliphatic rings. The van der Waals surface area contributed by atoms with Gasteiger partial charge < -0.3 is 19.7 Å². The number of fused-ring (bicyclic) bond motifs is 2. The van der Waals surface area contributed by atoms with E-state index in [-0.39, 0.29) is 11.7 Å². The van der Waals surface area contributed by atoms with Gasteiger partial charge in [-0.2, -0.15) is 0 Å². The third-order valence-electron chi connectivity index (χ3n) is 6.43. The summed E-state index contributed by atoms with van der Waals surface area (Å²) >= 11 is 0. The fourth-order valence-electron chi connectivity index (χ4n) is 4.72. The first kappa shape index (κ1) is 19.8. The number of benzene rings is 3. The number of H-pyrrole nitrogens is 1. The zero-order chi connectivity index (χ0) is 21.4. The number of hydrogen-bond acceptors (Lipinski definition) is 4. The summed E-state index contributed by atoms with van der Waals surface area (Å²) in [6.07, 6.45) is 1.25. The molecule has 1 atom stereocenters. The number of piperidine rings is 1. The van der Waals surface area contributed by atoms with Crippen LogP contribution >= 0.6 is 0 Å². The first-order valence-corrected chi connectivity index (χ1v) is 10.8. The smallest absolute Gasteiger partial charge is 0.326 e. The molecule has 1 aromatic heterocycles. The number of aliphatic hydroxyl groups excluding tert-OH is 1. The number of para-hydroxylation sites is 2. The molecule has 6 nitrogen and oxygen atoms in total. The van der Waals surface area contributed by atoms with Crippen molar-refractivity contribution in [3.63, 3.8) is 0 Å². The molecule has 160 valence electrons. The lowest BCUT2D eigenvalue weighted by Crippen LogP contribution is -2.39. The summed E-state index contributed by atoms with van der Waals surface area (Å²) < 4.78 is 7.19. The molecule has 5 rings (SSSR count). The van der Waals surface area contributed by atoms with Crippen LogP contribution in [0.5, 0.6) is 5.75 Å². The van der Waals surface area contributed by atoms with E-state index in [1.54, 1.807) is 7.11 Å². The van der Waals surface area contributed by atoms with Crippen LogP contribution in [0, 0.1) is 0 Å². The van der Waals surface area contributed by atoms with Crippen LogP contribution in [0.3, 0.4) is 0 Å². The van der Waals surface area contributed by atoms with E-state index >= 15 is 0 Å². The van der Waals surface area contributed by atoms with Crippen molar-refractivity contribution in [1.82, 2.24) is 14.5 Å². The van der Waals surface area contributed by atoms with Crippen LogP contribution in [0.4, 0.5) is 0 Å². The van der Waals surface area contributed by atoms with Crippen LogP contribution in [-0.4, -0.2) is 46.3 Å². The molecule has 1 aliphatic heterocycles. The summed E-state index contributed by atoms with van der Waals surface area (Å²) in [4.78, 5) is 17.7. The Morgan fingerprint density at radius 2 is 1.81 bits per heavy atom. The first-order chi connectivity index (χ1) is 15.1. The van der Waals surface area contributed by atoms with Gasteiger partial charge in [-0.15, -0.1) is 0 Å². The molecule has 0 spiro atoms. The van der Waals surface area contributed by atoms with Gasteiger partial charge in [0, 0.05) is 25.7 Å². The Labute approximate surface area is 180 Å². The van der Waals surface area contributed by atoms with Crippen molar-refractivity contribution in [2.75, 3.05) is 26.7 Å². The van der Waals surface area contributed by atoms with Crippen LogP contribution < -0.4 is 10.4 Å². The molecule has 0 bridgehead atoms. The number of likely N-dealkylation sites (tertiary alicyclic amines) is 1. The van der Waals surface area contributed by atoms with Crippen LogP contribution in [0.15, 0.2) is 65.5 Å². The van der Waals surface area contributed by atoms with E-state index in [0.717, 1.165) is 59.0 Å². The Balaban J connectivity index is 1.25. The quantitative estimate of drug-likeness (QED) is 0.517. The largest absolute Gasteiger partial charge is 0.497 e. The molecule has 3 aromatic carbocycles. The highest BCUT2D eigenvalue weighted by Gasteiger charge is 2.25. The Kier molecular flexibility index (Phi) is 5.26. The maximum absolute atomic E-state index is 12.5. The number of ether oxygens (including phenoxy) is 1. The third-order valence-corrected chi connectivity index (χ3v) is 6.43. The van der Waals surface area contributed by atoms with Crippen molar-refractivity contribution in [3.05, 3.63) is 76.7 Å². The van der Waals surface area contributed by atoms with E-state index in [4.69, 9.17) is 4.74 Å². The Hall–Kier alpha value is -3.09. The predicted molar refractivity (Wildman–Crippen MR) is 123 cm³/mol. The standard InChI is InChI=1S/C25H27N3O3/c1-31-21-9-8-17-14-19(7-6-18(17)15-21)24(29)16-27-12-10-20(11-13-27)28-23-5-3-2-4-22(23)26-25(28)30/h2-9,14-15,20,24,29H,10-13,16H2,1H3,(H,26,30). The van der Waals surface area contributed by atoms with E-state index in [0.29, 0.717) is 6.54 Å². The van der Waals surface area contributed by atoms with Crippen LogP contribution in [0.1, 0.15) is 30.6 Å². The van der Waals surface area contributed by atoms with Gasteiger partial charge in [0.2, 0.25) is 0 Å². The minimum absolute atomic E-state index is 0.0347. The van der Waals surface area contributed by atoms with E-state index in [1.165, 1.54) is 0 Å². The zero-order valence-corrected chi connectivity index (χ0v) is 17.6. The first-order valence-electron chi connectivity index (χ1n) is 10.8. The molecule has 31 heavy (non-hydrogen) atoms. The molecule has 0 amide bonds. The van der Waals surface area contributed by atoms with E-state index in [1.807, 2.05) is 59.2 Å². The summed E-state index contributed by atoms with van der Waals surface area (Å²) in [6.45, 7) is 2.31. The lowest BCUT2D eigenvalue weighted by molar-refractivity contribution is 0.0907. The summed E-state index contributed by atoms with van der Waals surface area (Å²) in [7, 11) is 1.66. The summed E-state index contributed by atoms with van der Waals surface area (Å²) in [5.41, 5.74) is 2.75. The minimum atomic E-state index is -0.543. The molecule has 1 fully saturated rings. The summed E-state index contributed by atoms with van der Waals surface area (Å²) in [5, 5.41) is 13.0. The molecular formula is C25H27N3O3. The third kappa shape index (κ3) is 3.84. The fraction of sp³-hybridized carbons (Fsp3) is 0.320. The van der Waals surface area contributed by atoms with Crippen molar-refractivity contribution in [1.29, 1.82) is 0 Å². The maximum Gasteiger partial charge on any atom is 0.326 e. The SMILES string of the molecule is COc1ccc2cc(C(O)CN3CCC(n4c(=O)[nH]c5ccccc54)CC3)ccc2c1. The molecule has 0 radical (unpaired) electrons. The zero-order valence-electron chi connectivity index (χ0n) is 17.6. The number of rotatable bonds is 5. The number of methoxy groups -OCH3 is 1. The minimum Gasteiger partial charge on any atom is -0.497 e. The summed E-state index contributed by atoms with van der Waals surface area (Å²) in [6, 6.07) is 20.1. The van der Waals surface area contributed by atoms with Gasteiger partial charge in [-0.1, -0.05) is 30.3 Å². The molecule has 0 saturated carbocycles. The van der Waals surface area contributed by atoms with Crippen LogP contribution in [0.2, 0.25) is 0 Å². The summed E-state index contributed by atoms with van der Waals surface area (Å²) in [5.74, 6) is 0.831. The Morgan fingerprint density at radius 3 is 2.61 bits per heavy atom. The maximum atomic E-state index is 12.5. The lowest BCUT2D eigenvalue weighted by Gasteiger charge is -2.33. The molecule has 4 aromatic rings. The van der Waals surface area contributed by atoms with Crippen molar-refractivity contribution >= 4 is 21.8 Å². The molecular weight excluding hydrogens is 390 g/mol. The molecule has 1 saturated heterocycles. The second-order valence-electron chi connectivity index (χ2n) is 8.34. The van der Waals surface area contributed by atoms with Crippen LogP contribution in [0.25, 0.3) is 21.8 Å². The monoisotopic (exact) mass is 417 g/mol. The molecule has 0 aliphatic carbocycles. The normalized spacial score (nSPS) is 16.7. The predicted octanol–water partition coefficient (Wildman–Crippen LogP) is 3.86. The number of nitrogens with zero attached hydrogens (tertiary/aromatic N) is 2. The van der Waals surface area contributed by atoms with Crippen molar-refractivity contribution < 1.29 is 9.84 Å². The van der Waals surface area contributed by atoms with Gasteiger partial charge in [-0.25, -0.2) is 4.79 Å². The second-order valence-corrected chi connectivity index (χ2v) is 8.34. The molecule has 2 heterocycles. The van der Waals surface area contributed by atoms with Gasteiger partial charge in [0.1, 0.15) is 5.75 Å². The van der Waals surface area contributed by atoms with E-state index < -0.39 is 6.10 Å². The van der Waals surface area contributed by atoms with Gasteiger partial charge in [-0.05, 0) is 59.5 Å². The number of β-amino-alcohol motifs (C(OH)–C–C–N with tert-alkyl or cyclic N) is 1. The second kappa shape index (κ2) is 8.21. The highest BCUT2D eigenvalue weighted by atomic mass is 16.5. The number of hydrogen-bond donors (Lipinski definition) is 2. The number of aromatic amines is 1. The van der Waals surface area contributed by atoms with Gasteiger partial charge in [0.05, 0.1) is 24.2 Å². The molecule has 1 unspecified atom stereocenters. The van der Waals surface area contributed by atoms with Crippen LogP contribution in [-0.2, 0) is 0 Å². The van der Waals surface area contributed by atoms with Gasteiger partial charge >= 0.3 is 5.69 Å². The van der Waals surface area contributed by atoms with E-state index in [2.05, 4.69) is 16.0 Å².